The fourth-order valence-corrected chi connectivity index (χ4v) is 3.79. The summed E-state index contributed by atoms with van der Waals surface area (Å²) >= 11 is 2.05. The molecule has 2 heteroatoms. The molecule has 0 N–H and O–H groups in total. The molecule has 0 amide bonds. The molecule has 96 valence electrons. The second-order valence-electron chi connectivity index (χ2n) is 7.12. The van der Waals surface area contributed by atoms with Gasteiger partial charge in [0.25, 0.3) is 0 Å². The van der Waals surface area contributed by atoms with E-state index in [1.54, 1.807) is 0 Å². The number of rotatable bonds is 0. The van der Waals surface area contributed by atoms with E-state index in [-0.39, 0.29) is 10.2 Å². The lowest BCUT2D eigenvalue weighted by Gasteiger charge is -2.42. The molecule has 0 aromatic carbocycles. The van der Waals surface area contributed by atoms with Gasteiger partial charge in [0.2, 0.25) is 0 Å². The van der Waals surface area contributed by atoms with Gasteiger partial charge >= 0.3 is 0 Å². The predicted octanol–water partition coefficient (Wildman–Crippen LogP) is 4.74. The fraction of sp³-hybridized carbons (Fsp3) is 0.733. The first-order chi connectivity index (χ1) is 7.56. The van der Waals surface area contributed by atoms with Crippen molar-refractivity contribution in [1.29, 1.82) is 0 Å². The molecule has 0 saturated heterocycles. The van der Waals surface area contributed by atoms with Crippen molar-refractivity contribution < 1.29 is 0 Å². The highest BCUT2D eigenvalue weighted by molar-refractivity contribution is 8.01. The summed E-state index contributed by atoms with van der Waals surface area (Å²) in [7, 11) is -1.28. The highest BCUT2D eigenvalue weighted by atomic mass is 32.2. The van der Waals surface area contributed by atoms with E-state index in [9.17, 15) is 0 Å². The third kappa shape index (κ3) is 3.93. The molecule has 1 heterocycles. The zero-order chi connectivity index (χ0) is 13.3. The van der Waals surface area contributed by atoms with E-state index in [1.807, 2.05) is 11.8 Å². The highest BCUT2D eigenvalue weighted by Gasteiger charge is 2.41. The van der Waals surface area contributed by atoms with Crippen LogP contribution in [0.15, 0.2) is 11.6 Å². The molecule has 0 spiro atoms. The summed E-state index contributed by atoms with van der Waals surface area (Å²) in [5.41, 5.74) is 5.33. The molecule has 0 radical (unpaired) electrons. The molecule has 1 aliphatic heterocycles. The number of allylic oxidation sites excluding steroid dienone is 1. The first-order valence-electron chi connectivity index (χ1n) is 6.40. The maximum absolute atomic E-state index is 3.67. The van der Waals surface area contributed by atoms with Gasteiger partial charge in [-0.05, 0) is 18.8 Å². The van der Waals surface area contributed by atoms with Crippen molar-refractivity contribution in [3.63, 3.8) is 0 Å². The van der Waals surface area contributed by atoms with Gasteiger partial charge in [0.1, 0.15) is 8.07 Å². The van der Waals surface area contributed by atoms with Crippen LogP contribution in [-0.2, 0) is 0 Å². The molecule has 0 fully saturated rings. The van der Waals surface area contributed by atoms with Crippen molar-refractivity contribution in [3.8, 4) is 11.5 Å². The Bertz CT molecular complexity index is 370. The Morgan fingerprint density at radius 3 is 2.24 bits per heavy atom. The summed E-state index contributed by atoms with van der Waals surface area (Å²) in [4.78, 5) is 0. The second kappa shape index (κ2) is 4.86. The Balaban J connectivity index is 3.09. The maximum Gasteiger partial charge on any atom is 0.129 e. The number of hydrogen-bond acceptors (Lipinski definition) is 1. The quantitative estimate of drug-likeness (QED) is 0.347. The van der Waals surface area contributed by atoms with Crippen LogP contribution in [0.4, 0.5) is 0 Å². The lowest BCUT2D eigenvalue weighted by atomic mass is 9.78. The van der Waals surface area contributed by atoms with Crippen molar-refractivity contribution in [2.24, 2.45) is 5.41 Å². The average Bonchev–Trinajstić information content (AvgIpc) is 2.14. The van der Waals surface area contributed by atoms with E-state index in [4.69, 9.17) is 0 Å². The second-order valence-corrected chi connectivity index (χ2v) is 13.1. The molecular weight excluding hydrogens is 240 g/mol. The summed E-state index contributed by atoms with van der Waals surface area (Å²) < 4.78 is 0.118. The first kappa shape index (κ1) is 14.9. The van der Waals surface area contributed by atoms with Gasteiger partial charge in [0.15, 0.2) is 0 Å². The molecule has 1 rings (SSSR count). The van der Waals surface area contributed by atoms with Crippen LogP contribution in [0.1, 0.15) is 34.1 Å². The average molecular weight is 267 g/mol. The van der Waals surface area contributed by atoms with Gasteiger partial charge in [-0.3, -0.25) is 0 Å². The standard InChI is InChI=1S/C15H26SSi/c1-13-8-9-15(16-12-13,14(2,3)4)10-11-17(5,6)7/h8H,9,12H2,1-7H3. The molecular formula is C15H26SSi. The Hall–Kier alpha value is -0.133. The monoisotopic (exact) mass is 266 g/mol. The summed E-state index contributed by atoms with van der Waals surface area (Å²) in [6.07, 6.45) is 3.49. The number of hydrogen-bond donors (Lipinski definition) is 0. The molecule has 1 unspecified atom stereocenters. The van der Waals surface area contributed by atoms with Gasteiger partial charge in [0.05, 0.1) is 4.75 Å². The van der Waals surface area contributed by atoms with Crippen molar-refractivity contribution in [2.45, 2.75) is 58.5 Å². The minimum Gasteiger partial charge on any atom is -0.137 e. The van der Waals surface area contributed by atoms with E-state index in [1.165, 1.54) is 5.57 Å². The van der Waals surface area contributed by atoms with E-state index in [0.717, 1.165) is 12.2 Å². The van der Waals surface area contributed by atoms with E-state index in [0.29, 0.717) is 0 Å². The molecule has 0 aromatic rings. The van der Waals surface area contributed by atoms with Crippen LogP contribution in [0.5, 0.6) is 0 Å². The van der Waals surface area contributed by atoms with Crippen LogP contribution in [0, 0.1) is 16.9 Å². The van der Waals surface area contributed by atoms with E-state index < -0.39 is 8.07 Å². The van der Waals surface area contributed by atoms with E-state index >= 15 is 0 Å². The van der Waals surface area contributed by atoms with Crippen molar-refractivity contribution in [3.05, 3.63) is 11.6 Å². The van der Waals surface area contributed by atoms with Gasteiger partial charge in [0, 0.05) is 5.75 Å². The Morgan fingerprint density at radius 2 is 1.88 bits per heavy atom. The molecule has 0 aromatic heterocycles. The van der Waals surface area contributed by atoms with E-state index in [2.05, 4.69) is 64.9 Å². The van der Waals surface area contributed by atoms with Crippen LogP contribution in [-0.4, -0.2) is 18.6 Å². The molecule has 0 aliphatic carbocycles. The third-order valence-corrected chi connectivity index (χ3v) is 5.98. The first-order valence-corrected chi connectivity index (χ1v) is 10.9. The van der Waals surface area contributed by atoms with Gasteiger partial charge in [-0.1, -0.05) is 58.0 Å². The maximum atomic E-state index is 3.67. The zero-order valence-electron chi connectivity index (χ0n) is 12.4. The Labute approximate surface area is 113 Å². The third-order valence-electron chi connectivity index (χ3n) is 3.14. The van der Waals surface area contributed by atoms with Gasteiger partial charge in [-0.2, -0.15) is 0 Å². The van der Waals surface area contributed by atoms with Crippen molar-refractivity contribution in [2.75, 3.05) is 5.75 Å². The van der Waals surface area contributed by atoms with Crippen molar-refractivity contribution >= 4 is 19.8 Å². The minimum absolute atomic E-state index is 0.118. The number of thioether (sulfide) groups is 1. The lowest BCUT2D eigenvalue weighted by molar-refractivity contribution is 0.337. The Kier molecular flexibility index (Phi) is 4.27. The molecule has 0 saturated carbocycles. The van der Waals surface area contributed by atoms with Crippen LogP contribution >= 0.6 is 11.8 Å². The molecule has 1 atom stereocenters. The topological polar surface area (TPSA) is 0 Å². The van der Waals surface area contributed by atoms with Gasteiger partial charge in [-0.25, -0.2) is 0 Å². The normalized spacial score (nSPS) is 25.9. The molecule has 0 bridgehead atoms. The highest BCUT2D eigenvalue weighted by Crippen LogP contribution is 2.47. The lowest BCUT2D eigenvalue weighted by Crippen LogP contribution is -2.40. The van der Waals surface area contributed by atoms with Crippen LogP contribution in [0.2, 0.25) is 19.6 Å². The molecule has 0 nitrogen and oxygen atoms in total. The summed E-state index contributed by atoms with van der Waals surface area (Å²) in [5, 5.41) is 0. The fourth-order valence-electron chi connectivity index (χ4n) is 1.76. The smallest absolute Gasteiger partial charge is 0.129 e. The minimum atomic E-state index is -1.28. The molecule has 17 heavy (non-hydrogen) atoms. The predicted molar refractivity (Wildman–Crippen MR) is 84.1 cm³/mol. The summed E-state index contributed by atoms with van der Waals surface area (Å²) in [6, 6.07) is 0. The molecule has 1 aliphatic rings. The van der Waals surface area contributed by atoms with Gasteiger partial charge < -0.3 is 0 Å². The Morgan fingerprint density at radius 1 is 1.29 bits per heavy atom. The van der Waals surface area contributed by atoms with Crippen molar-refractivity contribution in [1.82, 2.24) is 0 Å². The largest absolute Gasteiger partial charge is 0.137 e. The zero-order valence-corrected chi connectivity index (χ0v) is 14.2. The van der Waals surface area contributed by atoms with Crippen LogP contribution in [0.25, 0.3) is 0 Å². The summed E-state index contributed by atoms with van der Waals surface area (Å²) in [6.45, 7) is 16.2. The SMILES string of the molecule is CC1=CCC(C#C[Si](C)(C)C)(C(C)(C)C)SC1. The van der Waals surface area contributed by atoms with Gasteiger partial charge in [-0.15, -0.1) is 17.3 Å². The van der Waals surface area contributed by atoms with Crippen LogP contribution < -0.4 is 0 Å². The van der Waals surface area contributed by atoms with Crippen LogP contribution in [0.3, 0.4) is 0 Å². The summed E-state index contributed by atoms with van der Waals surface area (Å²) in [5.74, 6) is 4.80.